The number of benzene rings is 1. The molecule has 0 radical (unpaired) electrons. The molecule has 94 valence electrons. The molecule has 0 aliphatic rings. The van der Waals surface area contributed by atoms with Crippen LogP contribution in [0.15, 0.2) is 36.4 Å². The minimum Gasteiger partial charge on any atom is -0.370 e. The maximum atomic E-state index is 12.8. The summed E-state index contributed by atoms with van der Waals surface area (Å²) in [6.45, 7) is 0.623. The Hall–Kier alpha value is -1.32. The lowest BCUT2D eigenvalue weighted by molar-refractivity contribution is 0.585. The van der Waals surface area contributed by atoms with Crippen molar-refractivity contribution in [2.24, 2.45) is 0 Å². The normalized spacial score (nSPS) is 10.4. The number of aromatic nitrogens is 1. The predicted molar refractivity (Wildman–Crippen MR) is 72.9 cm³/mol. The highest BCUT2D eigenvalue weighted by atomic mass is 35.5. The first-order valence-electron chi connectivity index (χ1n) is 5.45. The minimum atomic E-state index is -0.496. The molecule has 5 heteroatoms. The average molecular weight is 285 g/mol. The largest absolute Gasteiger partial charge is 0.370 e. The third kappa shape index (κ3) is 3.59. The van der Waals surface area contributed by atoms with Gasteiger partial charge in [-0.2, -0.15) is 4.39 Å². The molecule has 2 nitrogen and oxygen atoms in total. The molecule has 0 bridgehead atoms. The van der Waals surface area contributed by atoms with E-state index in [1.807, 2.05) is 6.07 Å². The maximum absolute atomic E-state index is 12.8. The number of hydrogen-bond acceptors (Lipinski definition) is 2. The molecule has 2 aromatic rings. The molecule has 0 unspecified atom stereocenters. The second kappa shape index (κ2) is 6.03. The van der Waals surface area contributed by atoms with Gasteiger partial charge in [-0.1, -0.05) is 35.3 Å². The Balaban J connectivity index is 1.92. The van der Waals surface area contributed by atoms with Crippen molar-refractivity contribution in [3.63, 3.8) is 0 Å². The van der Waals surface area contributed by atoms with Crippen molar-refractivity contribution >= 4 is 29.0 Å². The van der Waals surface area contributed by atoms with E-state index in [9.17, 15) is 4.39 Å². The molecule has 0 amide bonds. The number of anilines is 1. The van der Waals surface area contributed by atoms with Crippen molar-refractivity contribution in [2.45, 2.75) is 6.42 Å². The first-order valence-corrected chi connectivity index (χ1v) is 6.21. The summed E-state index contributed by atoms with van der Waals surface area (Å²) in [5.74, 6) is 0.0182. The van der Waals surface area contributed by atoms with Gasteiger partial charge in [0.1, 0.15) is 5.82 Å². The highest BCUT2D eigenvalue weighted by molar-refractivity contribution is 6.35. The third-order valence-corrected chi connectivity index (χ3v) is 3.02. The fourth-order valence-corrected chi connectivity index (χ4v) is 2.06. The van der Waals surface area contributed by atoms with Crippen molar-refractivity contribution in [3.05, 3.63) is 58.0 Å². The Labute approximate surface area is 115 Å². The van der Waals surface area contributed by atoms with Crippen molar-refractivity contribution < 1.29 is 4.39 Å². The summed E-state index contributed by atoms with van der Waals surface area (Å²) >= 11 is 11.9. The van der Waals surface area contributed by atoms with E-state index in [1.54, 1.807) is 24.3 Å². The summed E-state index contributed by atoms with van der Waals surface area (Å²) in [7, 11) is 0. The van der Waals surface area contributed by atoms with Gasteiger partial charge in [0.25, 0.3) is 0 Å². The van der Waals surface area contributed by atoms with Gasteiger partial charge in [0.05, 0.1) is 0 Å². The number of hydrogen-bond donors (Lipinski definition) is 1. The number of rotatable bonds is 4. The standard InChI is InChI=1S/C13H11Cl2FN2/c14-10-5-4-9(11(15)8-10)6-7-17-13-3-1-2-12(16)18-13/h1-5,8H,6-7H2,(H,17,18). The first kappa shape index (κ1) is 13.1. The molecule has 0 spiro atoms. The van der Waals surface area contributed by atoms with Gasteiger partial charge in [-0.15, -0.1) is 0 Å². The number of pyridine rings is 1. The van der Waals surface area contributed by atoms with Crippen LogP contribution in [0.1, 0.15) is 5.56 Å². The maximum Gasteiger partial charge on any atom is 0.214 e. The molecule has 0 fully saturated rings. The average Bonchev–Trinajstić information content (AvgIpc) is 2.32. The third-order valence-electron chi connectivity index (χ3n) is 2.43. The molecule has 1 heterocycles. The zero-order valence-corrected chi connectivity index (χ0v) is 11.0. The van der Waals surface area contributed by atoms with Gasteiger partial charge in [0.2, 0.25) is 5.95 Å². The molecular formula is C13H11Cl2FN2. The lowest BCUT2D eigenvalue weighted by atomic mass is 10.1. The topological polar surface area (TPSA) is 24.9 Å². The summed E-state index contributed by atoms with van der Waals surface area (Å²) in [6.07, 6.45) is 0.716. The molecule has 1 aromatic carbocycles. The van der Waals surface area contributed by atoms with Crippen LogP contribution in [0.2, 0.25) is 10.0 Å². The zero-order chi connectivity index (χ0) is 13.0. The lowest BCUT2D eigenvalue weighted by Crippen LogP contribution is -2.07. The van der Waals surface area contributed by atoms with E-state index in [1.165, 1.54) is 6.07 Å². The Morgan fingerprint density at radius 2 is 2.00 bits per heavy atom. The highest BCUT2D eigenvalue weighted by Crippen LogP contribution is 2.21. The molecule has 2 rings (SSSR count). The van der Waals surface area contributed by atoms with Crippen molar-refractivity contribution in [1.82, 2.24) is 4.98 Å². The second-order valence-electron chi connectivity index (χ2n) is 3.76. The highest BCUT2D eigenvalue weighted by Gasteiger charge is 2.01. The van der Waals surface area contributed by atoms with Crippen LogP contribution in [0.25, 0.3) is 0 Å². The quantitative estimate of drug-likeness (QED) is 0.852. The summed E-state index contributed by atoms with van der Waals surface area (Å²) < 4.78 is 12.8. The summed E-state index contributed by atoms with van der Waals surface area (Å²) in [5, 5.41) is 4.28. The number of halogens is 3. The van der Waals surface area contributed by atoms with E-state index in [2.05, 4.69) is 10.3 Å². The van der Waals surface area contributed by atoms with Crippen LogP contribution in [0, 0.1) is 5.95 Å². The second-order valence-corrected chi connectivity index (χ2v) is 4.60. The summed E-state index contributed by atoms with van der Waals surface area (Å²) in [5.41, 5.74) is 0.991. The molecule has 0 saturated carbocycles. The van der Waals surface area contributed by atoms with Gasteiger partial charge in [-0.3, -0.25) is 0 Å². The van der Waals surface area contributed by atoms with Crippen LogP contribution in [0.5, 0.6) is 0 Å². The fourth-order valence-electron chi connectivity index (χ4n) is 1.56. The fraction of sp³-hybridized carbons (Fsp3) is 0.154. The molecule has 0 aliphatic carbocycles. The Bertz CT molecular complexity index is 546. The monoisotopic (exact) mass is 284 g/mol. The van der Waals surface area contributed by atoms with Gasteiger partial charge < -0.3 is 5.32 Å². The Morgan fingerprint density at radius 1 is 1.17 bits per heavy atom. The smallest absolute Gasteiger partial charge is 0.214 e. The Kier molecular flexibility index (Phi) is 4.39. The van der Waals surface area contributed by atoms with Crippen LogP contribution >= 0.6 is 23.2 Å². The molecule has 0 aliphatic heterocycles. The number of nitrogens with zero attached hydrogens (tertiary/aromatic N) is 1. The van der Waals surface area contributed by atoms with Crippen molar-refractivity contribution in [1.29, 1.82) is 0 Å². The van der Waals surface area contributed by atoms with Crippen LogP contribution < -0.4 is 5.32 Å². The molecule has 1 aromatic heterocycles. The van der Waals surface area contributed by atoms with Crippen LogP contribution in [0.3, 0.4) is 0 Å². The van der Waals surface area contributed by atoms with E-state index >= 15 is 0 Å². The molecule has 0 saturated heterocycles. The Morgan fingerprint density at radius 3 is 2.72 bits per heavy atom. The van der Waals surface area contributed by atoms with Crippen LogP contribution in [0.4, 0.5) is 10.2 Å². The van der Waals surface area contributed by atoms with E-state index in [0.717, 1.165) is 5.56 Å². The molecule has 18 heavy (non-hydrogen) atoms. The molecular weight excluding hydrogens is 274 g/mol. The lowest BCUT2D eigenvalue weighted by Gasteiger charge is -2.07. The van der Waals surface area contributed by atoms with Crippen LogP contribution in [-0.4, -0.2) is 11.5 Å². The van der Waals surface area contributed by atoms with E-state index in [0.29, 0.717) is 28.8 Å². The van der Waals surface area contributed by atoms with Gasteiger partial charge >= 0.3 is 0 Å². The first-order chi connectivity index (χ1) is 8.65. The van der Waals surface area contributed by atoms with Crippen molar-refractivity contribution in [2.75, 3.05) is 11.9 Å². The van der Waals surface area contributed by atoms with E-state index in [-0.39, 0.29) is 0 Å². The number of nitrogens with one attached hydrogen (secondary N) is 1. The summed E-state index contributed by atoms with van der Waals surface area (Å²) in [6, 6.07) is 10.0. The van der Waals surface area contributed by atoms with Gasteiger partial charge in [-0.05, 0) is 36.2 Å². The molecule has 0 atom stereocenters. The predicted octanol–water partition coefficient (Wildman–Crippen LogP) is 4.18. The van der Waals surface area contributed by atoms with E-state index < -0.39 is 5.95 Å². The van der Waals surface area contributed by atoms with Crippen LogP contribution in [-0.2, 0) is 6.42 Å². The molecule has 1 N–H and O–H groups in total. The zero-order valence-electron chi connectivity index (χ0n) is 9.46. The van der Waals surface area contributed by atoms with Gasteiger partial charge in [0.15, 0.2) is 0 Å². The van der Waals surface area contributed by atoms with E-state index in [4.69, 9.17) is 23.2 Å². The van der Waals surface area contributed by atoms with Gasteiger partial charge in [-0.25, -0.2) is 4.98 Å². The van der Waals surface area contributed by atoms with Gasteiger partial charge in [0, 0.05) is 16.6 Å². The summed E-state index contributed by atoms with van der Waals surface area (Å²) in [4.78, 5) is 3.71. The van der Waals surface area contributed by atoms with Crippen molar-refractivity contribution in [3.8, 4) is 0 Å². The minimum absolute atomic E-state index is 0.496. The SMILES string of the molecule is Fc1cccc(NCCc2ccc(Cl)cc2Cl)n1.